The van der Waals surface area contributed by atoms with Crippen LogP contribution in [-0.2, 0) is 9.59 Å². The van der Waals surface area contributed by atoms with E-state index in [4.69, 9.17) is 5.11 Å². The van der Waals surface area contributed by atoms with Gasteiger partial charge in [0.05, 0.1) is 9.08 Å². The first-order valence-corrected chi connectivity index (χ1v) is 7.84. The zero-order valence-electron chi connectivity index (χ0n) is 10.9. The SMILES string of the molecule is O=C(O)C(=O)N1CCC(NC(=O)c2cc(Br)c(Br)[nH]2)CC1. The Labute approximate surface area is 137 Å². The molecule has 1 aromatic rings. The highest BCUT2D eigenvalue weighted by atomic mass is 79.9. The van der Waals surface area contributed by atoms with E-state index in [0.29, 0.717) is 36.2 Å². The van der Waals surface area contributed by atoms with E-state index in [1.54, 1.807) is 6.07 Å². The van der Waals surface area contributed by atoms with E-state index in [0.717, 1.165) is 4.47 Å². The van der Waals surface area contributed by atoms with Gasteiger partial charge in [-0.1, -0.05) is 0 Å². The van der Waals surface area contributed by atoms with Crippen LogP contribution in [0.2, 0.25) is 0 Å². The zero-order chi connectivity index (χ0) is 15.6. The summed E-state index contributed by atoms with van der Waals surface area (Å²) >= 11 is 6.55. The largest absolute Gasteiger partial charge is 0.474 e. The summed E-state index contributed by atoms with van der Waals surface area (Å²) in [5, 5.41) is 11.5. The predicted octanol–water partition coefficient (Wildman–Crippen LogP) is 1.35. The van der Waals surface area contributed by atoms with Crippen LogP contribution >= 0.6 is 31.9 Å². The number of aromatic nitrogens is 1. The van der Waals surface area contributed by atoms with Crippen molar-refractivity contribution in [2.75, 3.05) is 13.1 Å². The number of nitrogens with one attached hydrogen (secondary N) is 2. The van der Waals surface area contributed by atoms with Crippen LogP contribution in [0.15, 0.2) is 15.1 Å². The lowest BCUT2D eigenvalue weighted by atomic mass is 10.0. The highest BCUT2D eigenvalue weighted by Gasteiger charge is 2.27. The van der Waals surface area contributed by atoms with E-state index < -0.39 is 11.9 Å². The Morgan fingerprint density at radius 3 is 2.38 bits per heavy atom. The molecule has 21 heavy (non-hydrogen) atoms. The summed E-state index contributed by atoms with van der Waals surface area (Å²) in [6.45, 7) is 0.655. The monoisotopic (exact) mass is 421 g/mol. The molecule has 0 aliphatic carbocycles. The normalized spacial score (nSPS) is 15.8. The van der Waals surface area contributed by atoms with Gasteiger partial charge in [0, 0.05) is 19.1 Å². The Hall–Kier alpha value is -1.35. The number of carbonyl (C=O) groups excluding carboxylic acids is 2. The van der Waals surface area contributed by atoms with E-state index in [1.807, 2.05) is 0 Å². The summed E-state index contributed by atoms with van der Waals surface area (Å²) < 4.78 is 1.45. The molecule has 7 nitrogen and oxygen atoms in total. The van der Waals surface area contributed by atoms with Gasteiger partial charge in [-0.3, -0.25) is 9.59 Å². The van der Waals surface area contributed by atoms with Gasteiger partial charge in [0.2, 0.25) is 0 Å². The Bertz CT molecular complexity index is 560. The molecule has 0 aromatic carbocycles. The number of hydrogen-bond donors (Lipinski definition) is 3. The average Bonchev–Trinajstić information content (AvgIpc) is 2.79. The summed E-state index contributed by atoms with van der Waals surface area (Å²) in [7, 11) is 0. The summed E-state index contributed by atoms with van der Waals surface area (Å²) in [5.74, 6) is -2.57. The third-order valence-electron chi connectivity index (χ3n) is 3.27. The number of H-pyrrole nitrogens is 1. The maximum Gasteiger partial charge on any atom is 0.394 e. The van der Waals surface area contributed by atoms with Crippen LogP contribution in [0.25, 0.3) is 0 Å². The van der Waals surface area contributed by atoms with Gasteiger partial charge < -0.3 is 20.3 Å². The second-order valence-corrected chi connectivity index (χ2v) is 6.34. The van der Waals surface area contributed by atoms with Gasteiger partial charge in [0.25, 0.3) is 5.91 Å². The molecule has 0 unspecified atom stereocenters. The standard InChI is InChI=1S/C12H13Br2N3O4/c13-7-5-8(16-9(7)14)10(18)15-6-1-3-17(4-2-6)11(19)12(20)21/h5-6,16H,1-4H2,(H,15,18)(H,20,21). The fourth-order valence-corrected chi connectivity index (χ4v) is 2.81. The van der Waals surface area contributed by atoms with Crippen molar-refractivity contribution < 1.29 is 19.5 Å². The second kappa shape index (κ2) is 6.61. The highest BCUT2D eigenvalue weighted by Crippen LogP contribution is 2.23. The number of hydrogen-bond acceptors (Lipinski definition) is 3. The molecule has 1 aromatic heterocycles. The Kier molecular flexibility index (Phi) is 5.04. The van der Waals surface area contributed by atoms with Gasteiger partial charge in [-0.2, -0.15) is 0 Å². The van der Waals surface area contributed by atoms with Crippen LogP contribution in [0, 0.1) is 0 Å². The van der Waals surface area contributed by atoms with Crippen LogP contribution < -0.4 is 5.32 Å². The fraction of sp³-hybridized carbons (Fsp3) is 0.417. The molecule has 0 bridgehead atoms. The minimum Gasteiger partial charge on any atom is -0.474 e. The highest BCUT2D eigenvalue weighted by molar-refractivity contribution is 9.13. The summed E-state index contributed by atoms with van der Waals surface area (Å²) in [5.41, 5.74) is 0.429. The smallest absolute Gasteiger partial charge is 0.394 e. The maximum absolute atomic E-state index is 12.0. The van der Waals surface area contributed by atoms with Crippen molar-refractivity contribution in [1.29, 1.82) is 0 Å². The molecule has 3 N–H and O–H groups in total. The lowest BCUT2D eigenvalue weighted by molar-refractivity contribution is -0.156. The lowest BCUT2D eigenvalue weighted by Crippen LogP contribution is -2.48. The van der Waals surface area contributed by atoms with Gasteiger partial charge in [-0.05, 0) is 50.8 Å². The molecular formula is C12H13Br2N3O4. The molecule has 0 atom stereocenters. The molecular weight excluding hydrogens is 410 g/mol. The maximum atomic E-state index is 12.0. The molecule has 9 heteroatoms. The number of piperidine rings is 1. The first kappa shape index (κ1) is 16.0. The van der Waals surface area contributed by atoms with Crippen molar-refractivity contribution in [2.24, 2.45) is 0 Å². The molecule has 0 radical (unpaired) electrons. The summed E-state index contributed by atoms with van der Waals surface area (Å²) in [4.78, 5) is 38.1. The van der Waals surface area contributed by atoms with E-state index >= 15 is 0 Å². The first-order valence-electron chi connectivity index (χ1n) is 6.25. The number of aromatic amines is 1. The average molecular weight is 423 g/mol. The molecule has 1 saturated heterocycles. The topological polar surface area (TPSA) is 102 Å². The van der Waals surface area contributed by atoms with Gasteiger partial charge in [0.15, 0.2) is 0 Å². The Morgan fingerprint density at radius 2 is 1.90 bits per heavy atom. The summed E-state index contributed by atoms with van der Waals surface area (Å²) in [6.07, 6.45) is 1.07. The number of rotatable bonds is 2. The molecule has 0 spiro atoms. The third-order valence-corrected chi connectivity index (χ3v) is 5.05. The van der Waals surface area contributed by atoms with E-state index in [2.05, 4.69) is 42.2 Å². The molecule has 1 fully saturated rings. The van der Waals surface area contributed by atoms with Crippen molar-refractivity contribution in [3.63, 3.8) is 0 Å². The van der Waals surface area contributed by atoms with Crippen molar-refractivity contribution >= 4 is 49.6 Å². The Balaban J connectivity index is 1.87. The van der Waals surface area contributed by atoms with Gasteiger partial charge in [-0.25, -0.2) is 4.79 Å². The van der Waals surface area contributed by atoms with E-state index in [-0.39, 0.29) is 11.9 Å². The van der Waals surface area contributed by atoms with Gasteiger partial charge >= 0.3 is 11.9 Å². The molecule has 2 heterocycles. The number of carboxylic acids is 1. The third kappa shape index (κ3) is 3.85. The molecule has 114 valence electrons. The Morgan fingerprint density at radius 1 is 1.29 bits per heavy atom. The summed E-state index contributed by atoms with van der Waals surface area (Å²) in [6, 6.07) is 1.60. The number of aliphatic carboxylic acids is 1. The fourth-order valence-electron chi connectivity index (χ4n) is 2.15. The minimum absolute atomic E-state index is 0.0730. The number of halogens is 2. The molecule has 2 amide bonds. The molecule has 1 aliphatic rings. The molecule has 1 aliphatic heterocycles. The van der Waals surface area contributed by atoms with Crippen LogP contribution in [0.5, 0.6) is 0 Å². The van der Waals surface area contributed by atoms with Crippen LogP contribution in [0.4, 0.5) is 0 Å². The van der Waals surface area contributed by atoms with Crippen LogP contribution in [0.1, 0.15) is 23.3 Å². The van der Waals surface area contributed by atoms with Crippen molar-refractivity contribution in [3.8, 4) is 0 Å². The number of nitrogens with zero attached hydrogens (tertiary/aromatic N) is 1. The van der Waals surface area contributed by atoms with Gasteiger partial charge in [-0.15, -0.1) is 0 Å². The predicted molar refractivity (Wildman–Crippen MR) is 80.9 cm³/mol. The van der Waals surface area contributed by atoms with E-state index in [9.17, 15) is 14.4 Å². The lowest BCUT2D eigenvalue weighted by Gasteiger charge is -2.31. The zero-order valence-corrected chi connectivity index (χ0v) is 14.0. The van der Waals surface area contributed by atoms with Crippen LogP contribution in [-0.4, -0.2) is 51.9 Å². The van der Waals surface area contributed by atoms with Crippen molar-refractivity contribution in [2.45, 2.75) is 18.9 Å². The van der Waals surface area contributed by atoms with Crippen molar-refractivity contribution in [3.05, 3.63) is 20.8 Å². The molecule has 0 saturated carbocycles. The quantitative estimate of drug-likeness (QED) is 0.626. The second-order valence-electron chi connectivity index (χ2n) is 4.69. The number of carbonyl (C=O) groups is 3. The number of likely N-dealkylation sites (tertiary alicyclic amines) is 1. The first-order chi connectivity index (χ1) is 9.88. The van der Waals surface area contributed by atoms with Crippen LogP contribution in [0.3, 0.4) is 0 Å². The minimum atomic E-state index is -1.45. The van der Waals surface area contributed by atoms with Crippen molar-refractivity contribution in [1.82, 2.24) is 15.2 Å². The van der Waals surface area contributed by atoms with E-state index in [1.165, 1.54) is 4.90 Å². The van der Waals surface area contributed by atoms with Gasteiger partial charge in [0.1, 0.15) is 5.69 Å². The number of amides is 2. The number of carboxylic acid groups (broad SMARTS) is 1. The molecule has 2 rings (SSSR count).